The summed E-state index contributed by atoms with van der Waals surface area (Å²) in [6.07, 6.45) is -1.52. The Morgan fingerprint density at radius 3 is 2.45 bits per heavy atom. The van der Waals surface area contributed by atoms with E-state index in [9.17, 15) is 14.3 Å². The zero-order chi connectivity index (χ0) is 15.3. The Balaban J connectivity index is 2.92. The lowest BCUT2D eigenvalue weighted by Gasteiger charge is -2.24. The minimum absolute atomic E-state index is 0.157. The number of carbonyl (C=O) groups excluding carboxylic acids is 1. The van der Waals surface area contributed by atoms with Crippen LogP contribution in [0.2, 0.25) is 0 Å². The quantitative estimate of drug-likeness (QED) is 0.872. The normalized spacial score (nSPS) is 13.7. The van der Waals surface area contributed by atoms with Gasteiger partial charge in [-0.1, -0.05) is 0 Å². The maximum Gasteiger partial charge on any atom is 0.263 e. The molecule has 0 saturated heterocycles. The number of halogens is 1. The van der Waals surface area contributed by atoms with Crippen LogP contribution in [0.25, 0.3) is 0 Å². The van der Waals surface area contributed by atoms with E-state index in [4.69, 9.17) is 4.74 Å². The fraction of sp³-hybridized carbons (Fsp3) is 0.533. The molecule has 1 amide bonds. The van der Waals surface area contributed by atoms with Crippen LogP contribution in [-0.4, -0.2) is 35.1 Å². The van der Waals surface area contributed by atoms with Gasteiger partial charge in [0.25, 0.3) is 5.91 Å². The van der Waals surface area contributed by atoms with Crippen LogP contribution in [0.3, 0.4) is 0 Å². The van der Waals surface area contributed by atoms with Crippen molar-refractivity contribution in [3.8, 4) is 5.75 Å². The van der Waals surface area contributed by atoms with Gasteiger partial charge in [0, 0.05) is 24.7 Å². The van der Waals surface area contributed by atoms with Crippen LogP contribution in [0.4, 0.5) is 4.39 Å². The van der Waals surface area contributed by atoms with Gasteiger partial charge in [-0.15, -0.1) is 0 Å². The van der Waals surface area contributed by atoms with Crippen LogP contribution >= 0.6 is 0 Å². The third kappa shape index (κ3) is 3.93. The molecule has 1 aromatic rings. The highest BCUT2D eigenvalue weighted by Crippen LogP contribution is 2.27. The molecule has 4 nitrogen and oxygen atoms in total. The van der Waals surface area contributed by atoms with Crippen LogP contribution in [0.15, 0.2) is 18.2 Å². The predicted octanol–water partition coefficient (Wildman–Crippen LogP) is 2.51. The van der Waals surface area contributed by atoms with E-state index < -0.39 is 18.0 Å². The van der Waals surface area contributed by atoms with E-state index in [-0.39, 0.29) is 11.7 Å². The van der Waals surface area contributed by atoms with Crippen LogP contribution in [-0.2, 0) is 4.79 Å². The Bertz CT molecular complexity index is 458. The third-order valence-corrected chi connectivity index (χ3v) is 3.15. The van der Waals surface area contributed by atoms with Gasteiger partial charge in [0.05, 0.1) is 6.10 Å². The third-order valence-electron chi connectivity index (χ3n) is 3.15. The van der Waals surface area contributed by atoms with Gasteiger partial charge >= 0.3 is 0 Å². The maximum atomic E-state index is 13.3. The lowest BCUT2D eigenvalue weighted by molar-refractivity contribution is -0.137. The summed E-state index contributed by atoms with van der Waals surface area (Å²) in [5.41, 5.74) is 0.464. The molecule has 1 aromatic carbocycles. The summed E-state index contributed by atoms with van der Waals surface area (Å²) in [6, 6.07) is 3.91. The molecule has 1 rings (SSSR count). The molecule has 0 spiro atoms. The molecule has 1 unspecified atom stereocenters. The van der Waals surface area contributed by atoms with E-state index in [1.54, 1.807) is 18.7 Å². The monoisotopic (exact) mass is 283 g/mol. The molecule has 112 valence electrons. The molecule has 2 atom stereocenters. The summed E-state index contributed by atoms with van der Waals surface area (Å²) < 4.78 is 18.8. The lowest BCUT2D eigenvalue weighted by Crippen LogP contribution is -2.40. The Hall–Kier alpha value is -1.62. The molecule has 0 fully saturated rings. The minimum Gasteiger partial charge on any atom is -0.480 e. The van der Waals surface area contributed by atoms with Gasteiger partial charge in [0.15, 0.2) is 6.10 Å². The van der Waals surface area contributed by atoms with Crippen molar-refractivity contribution in [1.82, 2.24) is 4.90 Å². The molecule has 0 bridgehead atoms. The predicted molar refractivity (Wildman–Crippen MR) is 75.1 cm³/mol. The highest BCUT2D eigenvalue weighted by Gasteiger charge is 2.21. The molecule has 0 aliphatic rings. The molecule has 1 N–H and O–H groups in total. The number of aliphatic hydroxyl groups is 1. The summed E-state index contributed by atoms with van der Waals surface area (Å²) in [7, 11) is 0. The average Bonchev–Trinajstić information content (AvgIpc) is 2.39. The molecule has 0 radical (unpaired) electrons. The number of aliphatic hydroxyl groups excluding tert-OH is 1. The first-order chi connectivity index (χ1) is 9.40. The number of benzene rings is 1. The second-order valence-electron chi connectivity index (χ2n) is 4.63. The SMILES string of the molecule is CCN(CC)C(=O)C(C)Oc1cc(F)ccc1[C@@H](C)O. The van der Waals surface area contributed by atoms with Crippen LogP contribution in [0, 0.1) is 5.82 Å². The van der Waals surface area contributed by atoms with E-state index >= 15 is 0 Å². The van der Waals surface area contributed by atoms with Gasteiger partial charge in [-0.25, -0.2) is 4.39 Å². The average molecular weight is 283 g/mol. The van der Waals surface area contributed by atoms with Crippen molar-refractivity contribution >= 4 is 5.91 Å². The van der Waals surface area contributed by atoms with Crippen LogP contribution in [0.1, 0.15) is 39.4 Å². The van der Waals surface area contributed by atoms with Crippen molar-refractivity contribution < 1.29 is 19.0 Å². The van der Waals surface area contributed by atoms with Crippen molar-refractivity contribution in [2.75, 3.05) is 13.1 Å². The Labute approximate surface area is 119 Å². The second kappa shape index (κ2) is 7.24. The maximum absolute atomic E-state index is 13.3. The molecule has 0 heterocycles. The fourth-order valence-electron chi connectivity index (χ4n) is 1.99. The first-order valence-electron chi connectivity index (χ1n) is 6.83. The number of ether oxygens (including phenoxy) is 1. The first-order valence-corrected chi connectivity index (χ1v) is 6.83. The van der Waals surface area contributed by atoms with Gasteiger partial charge in [-0.05, 0) is 39.8 Å². The lowest BCUT2D eigenvalue weighted by atomic mass is 10.1. The Morgan fingerprint density at radius 1 is 1.35 bits per heavy atom. The van der Waals surface area contributed by atoms with Crippen molar-refractivity contribution in [3.63, 3.8) is 0 Å². The number of hydrogen-bond donors (Lipinski definition) is 1. The van der Waals surface area contributed by atoms with Crippen LogP contribution in [0.5, 0.6) is 5.75 Å². The number of nitrogens with zero attached hydrogens (tertiary/aromatic N) is 1. The van der Waals surface area contributed by atoms with Crippen molar-refractivity contribution in [2.45, 2.75) is 39.9 Å². The van der Waals surface area contributed by atoms with E-state index in [1.807, 2.05) is 13.8 Å². The molecule has 0 aliphatic heterocycles. The van der Waals surface area contributed by atoms with Gasteiger partial charge in [-0.2, -0.15) is 0 Å². The Kier molecular flexibility index (Phi) is 5.95. The topological polar surface area (TPSA) is 49.8 Å². The van der Waals surface area contributed by atoms with Crippen molar-refractivity contribution in [3.05, 3.63) is 29.6 Å². The van der Waals surface area contributed by atoms with E-state index in [0.717, 1.165) is 0 Å². The largest absolute Gasteiger partial charge is 0.480 e. The fourth-order valence-corrected chi connectivity index (χ4v) is 1.99. The van der Waals surface area contributed by atoms with E-state index in [0.29, 0.717) is 18.7 Å². The summed E-state index contributed by atoms with van der Waals surface area (Å²) >= 11 is 0. The highest BCUT2D eigenvalue weighted by molar-refractivity contribution is 5.80. The number of carbonyl (C=O) groups is 1. The summed E-state index contributed by atoms with van der Waals surface area (Å²) in [4.78, 5) is 13.8. The van der Waals surface area contributed by atoms with Gasteiger partial charge in [0.1, 0.15) is 11.6 Å². The smallest absolute Gasteiger partial charge is 0.263 e. The van der Waals surface area contributed by atoms with Crippen LogP contribution < -0.4 is 4.74 Å². The van der Waals surface area contributed by atoms with E-state index in [1.165, 1.54) is 18.2 Å². The molecule has 20 heavy (non-hydrogen) atoms. The van der Waals surface area contributed by atoms with E-state index in [2.05, 4.69) is 0 Å². The van der Waals surface area contributed by atoms with Crippen molar-refractivity contribution in [1.29, 1.82) is 0 Å². The second-order valence-corrected chi connectivity index (χ2v) is 4.63. The van der Waals surface area contributed by atoms with Gasteiger partial charge < -0.3 is 14.7 Å². The highest BCUT2D eigenvalue weighted by atomic mass is 19.1. The Morgan fingerprint density at radius 2 is 1.95 bits per heavy atom. The molecule has 5 heteroatoms. The molecule has 0 aromatic heterocycles. The first kappa shape index (κ1) is 16.4. The molecule has 0 aliphatic carbocycles. The molecule has 0 saturated carbocycles. The van der Waals surface area contributed by atoms with Crippen molar-refractivity contribution in [2.24, 2.45) is 0 Å². The number of rotatable bonds is 6. The number of amides is 1. The summed E-state index contributed by atoms with van der Waals surface area (Å²) in [5.74, 6) is -0.421. The number of hydrogen-bond acceptors (Lipinski definition) is 3. The minimum atomic E-state index is -0.790. The molecular formula is C15H22FNO3. The summed E-state index contributed by atoms with van der Waals surface area (Å²) in [6.45, 7) is 8.15. The number of likely N-dealkylation sites (N-methyl/N-ethyl adjacent to an activating group) is 1. The zero-order valence-corrected chi connectivity index (χ0v) is 12.4. The van der Waals surface area contributed by atoms with Gasteiger partial charge in [0.2, 0.25) is 0 Å². The molecular weight excluding hydrogens is 261 g/mol. The zero-order valence-electron chi connectivity index (χ0n) is 12.4. The standard InChI is InChI=1S/C15H22FNO3/c1-5-17(6-2)15(19)11(4)20-14-9-12(16)7-8-13(14)10(3)18/h7-11,18H,5-6H2,1-4H3/t10-,11?/m1/s1. The summed E-state index contributed by atoms with van der Waals surface area (Å²) in [5, 5.41) is 9.65. The van der Waals surface area contributed by atoms with Gasteiger partial charge in [-0.3, -0.25) is 4.79 Å².